The van der Waals surface area contributed by atoms with Crippen molar-refractivity contribution in [2.45, 2.75) is 26.2 Å². The first-order chi connectivity index (χ1) is 8.08. The molecular weight excluding hydrogens is 216 g/mol. The van der Waals surface area contributed by atoms with Crippen LogP contribution in [0.1, 0.15) is 30.4 Å². The zero-order valence-corrected chi connectivity index (χ0v) is 10.3. The number of carbonyl (C=O) groups excluding carboxylic acids is 1. The summed E-state index contributed by atoms with van der Waals surface area (Å²) in [6.07, 6.45) is 0.225. The van der Waals surface area contributed by atoms with Crippen molar-refractivity contribution in [2.24, 2.45) is 0 Å². The summed E-state index contributed by atoms with van der Waals surface area (Å²) in [7, 11) is 1.36. The van der Waals surface area contributed by atoms with Gasteiger partial charge in [-0.25, -0.2) is 0 Å². The molecule has 1 unspecified atom stereocenters. The van der Waals surface area contributed by atoms with Crippen molar-refractivity contribution in [2.75, 3.05) is 7.11 Å². The molecule has 0 spiro atoms. The summed E-state index contributed by atoms with van der Waals surface area (Å²) < 4.78 is 4.66. The van der Waals surface area contributed by atoms with Gasteiger partial charge in [0.2, 0.25) is 0 Å². The van der Waals surface area contributed by atoms with Crippen LogP contribution in [0.25, 0.3) is 0 Å². The lowest BCUT2D eigenvalue weighted by Gasteiger charge is -2.13. The molecule has 0 aliphatic heterocycles. The quantitative estimate of drug-likeness (QED) is 0.643. The zero-order chi connectivity index (χ0) is 12.8. The number of rotatable bonds is 3. The van der Waals surface area contributed by atoms with Crippen molar-refractivity contribution in [1.82, 2.24) is 0 Å². The number of hydrogen-bond donors (Lipinski definition) is 1. The Morgan fingerprint density at radius 3 is 2.76 bits per heavy atom. The Hall–Kier alpha value is -1.95. The van der Waals surface area contributed by atoms with Gasteiger partial charge in [0.25, 0.3) is 0 Å². The molecule has 0 aliphatic carbocycles. The highest BCUT2D eigenvalue weighted by Gasteiger charge is 2.16. The number of benzene rings is 1. The molecule has 1 rings (SSSR count). The number of phenols is 1. The minimum absolute atomic E-state index is 0.187. The van der Waals surface area contributed by atoms with Gasteiger partial charge in [-0.05, 0) is 37.1 Å². The molecule has 1 aromatic rings. The smallest absolute Gasteiger partial charge is 0.307 e. The van der Waals surface area contributed by atoms with Crippen LogP contribution in [0, 0.1) is 18.8 Å². The average molecular weight is 232 g/mol. The van der Waals surface area contributed by atoms with E-state index in [-0.39, 0.29) is 24.1 Å². The fourth-order valence-corrected chi connectivity index (χ4v) is 1.71. The molecule has 1 atom stereocenters. The van der Waals surface area contributed by atoms with Crippen LogP contribution in [0.3, 0.4) is 0 Å². The van der Waals surface area contributed by atoms with Gasteiger partial charge >= 0.3 is 5.97 Å². The predicted molar refractivity (Wildman–Crippen MR) is 65.7 cm³/mol. The van der Waals surface area contributed by atoms with E-state index in [4.69, 9.17) is 0 Å². The number of aromatic hydroxyl groups is 1. The van der Waals surface area contributed by atoms with E-state index >= 15 is 0 Å². The maximum atomic E-state index is 11.3. The number of ether oxygens (including phenoxy) is 1. The predicted octanol–water partition coefficient (Wildman–Crippen LogP) is 2.37. The van der Waals surface area contributed by atoms with Gasteiger partial charge in [0.05, 0.1) is 19.4 Å². The minimum atomic E-state index is -0.287. The summed E-state index contributed by atoms with van der Waals surface area (Å²) >= 11 is 0. The van der Waals surface area contributed by atoms with Gasteiger partial charge in [-0.2, -0.15) is 0 Å². The number of methoxy groups -OCH3 is 1. The van der Waals surface area contributed by atoms with Crippen molar-refractivity contribution >= 4 is 5.97 Å². The molecule has 1 aromatic carbocycles. The Labute approximate surface area is 101 Å². The van der Waals surface area contributed by atoms with Gasteiger partial charge in [-0.1, -0.05) is 12.0 Å². The Morgan fingerprint density at radius 1 is 1.53 bits per heavy atom. The number of hydrogen-bond acceptors (Lipinski definition) is 3. The molecule has 1 N–H and O–H groups in total. The van der Waals surface area contributed by atoms with Gasteiger partial charge in [-0.3, -0.25) is 4.79 Å². The third-order valence-corrected chi connectivity index (χ3v) is 2.55. The van der Waals surface area contributed by atoms with Gasteiger partial charge < -0.3 is 9.84 Å². The average Bonchev–Trinajstić information content (AvgIpc) is 2.28. The highest BCUT2D eigenvalue weighted by Crippen LogP contribution is 2.25. The second kappa shape index (κ2) is 5.95. The minimum Gasteiger partial charge on any atom is -0.508 e. The molecule has 0 bridgehead atoms. The summed E-state index contributed by atoms with van der Waals surface area (Å²) in [5.74, 6) is 5.55. The third-order valence-electron chi connectivity index (χ3n) is 2.55. The molecule has 0 amide bonds. The molecule has 0 fully saturated rings. The molecular formula is C14H16O3. The number of phenolic OH excluding ortho intramolecular Hbond substituents is 1. The van der Waals surface area contributed by atoms with Crippen LogP contribution in [-0.4, -0.2) is 18.2 Å². The Morgan fingerprint density at radius 2 is 2.24 bits per heavy atom. The Bertz CT molecular complexity index is 466. The molecule has 0 heterocycles. The van der Waals surface area contributed by atoms with E-state index < -0.39 is 0 Å². The van der Waals surface area contributed by atoms with Crippen LogP contribution in [0.2, 0.25) is 0 Å². The number of esters is 1. The molecule has 0 saturated carbocycles. The molecule has 0 aliphatic rings. The summed E-state index contributed by atoms with van der Waals surface area (Å²) in [6.45, 7) is 3.62. The van der Waals surface area contributed by atoms with Crippen LogP contribution in [0.15, 0.2) is 18.2 Å². The lowest BCUT2D eigenvalue weighted by molar-refractivity contribution is -0.140. The van der Waals surface area contributed by atoms with Crippen molar-refractivity contribution in [1.29, 1.82) is 0 Å². The first-order valence-electron chi connectivity index (χ1n) is 5.37. The third kappa shape index (κ3) is 3.53. The van der Waals surface area contributed by atoms with E-state index in [2.05, 4.69) is 16.6 Å². The second-order valence-corrected chi connectivity index (χ2v) is 3.77. The van der Waals surface area contributed by atoms with Crippen LogP contribution < -0.4 is 0 Å². The van der Waals surface area contributed by atoms with Crippen LogP contribution in [0.5, 0.6) is 5.75 Å². The van der Waals surface area contributed by atoms with Gasteiger partial charge in [0.1, 0.15) is 5.75 Å². The lowest BCUT2D eigenvalue weighted by Crippen LogP contribution is -2.08. The van der Waals surface area contributed by atoms with Gasteiger partial charge in [0.15, 0.2) is 0 Å². The van der Waals surface area contributed by atoms with E-state index in [1.807, 2.05) is 6.92 Å². The summed E-state index contributed by atoms with van der Waals surface area (Å²) in [5, 5.41) is 9.35. The first kappa shape index (κ1) is 13.1. The van der Waals surface area contributed by atoms with E-state index in [0.29, 0.717) is 0 Å². The van der Waals surface area contributed by atoms with Crippen LogP contribution in [0.4, 0.5) is 0 Å². The van der Waals surface area contributed by atoms with Crippen LogP contribution in [-0.2, 0) is 9.53 Å². The molecule has 3 heteroatoms. The Kier molecular flexibility index (Phi) is 4.59. The SMILES string of the molecule is CC#CC(CC(=O)OC)c1ccc(O)cc1C. The number of carbonyl (C=O) groups is 1. The standard InChI is InChI=1S/C14H16O3/c1-4-5-11(9-14(16)17-3)13-7-6-12(15)8-10(13)2/h6-8,11,15H,9H2,1-3H3. The van der Waals surface area contributed by atoms with Crippen molar-refractivity contribution < 1.29 is 14.6 Å². The molecule has 0 radical (unpaired) electrons. The highest BCUT2D eigenvalue weighted by molar-refractivity contribution is 5.71. The molecule has 0 saturated heterocycles. The van der Waals surface area contributed by atoms with Gasteiger partial charge in [0, 0.05) is 0 Å². The zero-order valence-electron chi connectivity index (χ0n) is 10.3. The maximum Gasteiger partial charge on any atom is 0.307 e. The molecule has 90 valence electrons. The maximum absolute atomic E-state index is 11.3. The normalized spacial score (nSPS) is 11.2. The monoisotopic (exact) mass is 232 g/mol. The second-order valence-electron chi connectivity index (χ2n) is 3.77. The van der Waals surface area contributed by atoms with E-state index in [1.165, 1.54) is 7.11 Å². The number of aryl methyl sites for hydroxylation is 1. The van der Waals surface area contributed by atoms with Crippen molar-refractivity contribution in [3.05, 3.63) is 29.3 Å². The Balaban J connectivity index is 3.04. The molecule has 0 aromatic heterocycles. The summed E-state index contributed by atoms with van der Waals surface area (Å²) in [5.41, 5.74) is 1.87. The fourth-order valence-electron chi connectivity index (χ4n) is 1.71. The fraction of sp³-hybridized carbons (Fsp3) is 0.357. The van der Waals surface area contributed by atoms with E-state index in [0.717, 1.165) is 11.1 Å². The van der Waals surface area contributed by atoms with Crippen molar-refractivity contribution in [3.63, 3.8) is 0 Å². The highest BCUT2D eigenvalue weighted by atomic mass is 16.5. The topological polar surface area (TPSA) is 46.5 Å². The molecule has 17 heavy (non-hydrogen) atoms. The van der Waals surface area contributed by atoms with E-state index in [1.54, 1.807) is 25.1 Å². The largest absolute Gasteiger partial charge is 0.508 e. The van der Waals surface area contributed by atoms with E-state index in [9.17, 15) is 9.90 Å². The lowest BCUT2D eigenvalue weighted by atomic mass is 9.92. The summed E-state index contributed by atoms with van der Waals surface area (Å²) in [6, 6.07) is 5.06. The molecule has 3 nitrogen and oxygen atoms in total. The summed E-state index contributed by atoms with van der Waals surface area (Å²) in [4.78, 5) is 11.3. The van der Waals surface area contributed by atoms with Crippen molar-refractivity contribution in [3.8, 4) is 17.6 Å². The van der Waals surface area contributed by atoms with Gasteiger partial charge in [-0.15, -0.1) is 5.92 Å². The first-order valence-corrected chi connectivity index (χ1v) is 5.37. The van der Waals surface area contributed by atoms with Crippen LogP contribution >= 0.6 is 0 Å².